The second kappa shape index (κ2) is 7.44. The van der Waals surface area contributed by atoms with Crippen LogP contribution in [0.4, 0.5) is 15.9 Å². The van der Waals surface area contributed by atoms with E-state index in [0.717, 1.165) is 56.2 Å². The Bertz CT molecular complexity index is 906. The molecule has 2 atom stereocenters. The summed E-state index contributed by atoms with van der Waals surface area (Å²) in [5, 5.41) is 10.9. The molecule has 1 aliphatic carbocycles. The first-order valence-corrected chi connectivity index (χ1v) is 10.6. The molecule has 1 aromatic heterocycles. The van der Waals surface area contributed by atoms with Gasteiger partial charge in [-0.25, -0.2) is 4.39 Å². The summed E-state index contributed by atoms with van der Waals surface area (Å²) in [5.41, 5.74) is 2.83. The van der Waals surface area contributed by atoms with Crippen molar-refractivity contribution in [3.05, 3.63) is 41.3 Å². The van der Waals surface area contributed by atoms with Crippen LogP contribution in [0.25, 0.3) is 0 Å². The third kappa shape index (κ3) is 3.31. The number of nitrogens with one attached hydrogen (secondary N) is 2. The highest BCUT2D eigenvalue weighted by Crippen LogP contribution is 2.47. The number of amides is 1. The molecule has 7 heteroatoms. The van der Waals surface area contributed by atoms with Gasteiger partial charge in [-0.3, -0.25) is 9.89 Å². The molecule has 2 unspecified atom stereocenters. The molecule has 2 fully saturated rings. The van der Waals surface area contributed by atoms with Crippen molar-refractivity contribution >= 4 is 17.4 Å². The minimum Gasteiger partial charge on any atom is -0.381 e. The summed E-state index contributed by atoms with van der Waals surface area (Å²) in [7, 11) is 1.76. The summed E-state index contributed by atoms with van der Waals surface area (Å²) in [6.07, 6.45) is 6.79. The average Bonchev–Trinajstić information content (AvgIpc) is 3.27. The van der Waals surface area contributed by atoms with Crippen LogP contribution in [-0.4, -0.2) is 40.3 Å². The first-order chi connectivity index (χ1) is 14.1. The molecule has 2 aromatic rings. The highest BCUT2D eigenvalue weighted by molar-refractivity contribution is 5.81. The molecule has 5 rings (SSSR count). The topological polar surface area (TPSA) is 70.2 Å². The van der Waals surface area contributed by atoms with Crippen molar-refractivity contribution in [2.24, 2.45) is 5.92 Å². The van der Waals surface area contributed by atoms with E-state index in [0.29, 0.717) is 17.6 Å². The quantitative estimate of drug-likeness (QED) is 0.814. The monoisotopic (exact) mass is 398 g/mol. The second-order valence-electron chi connectivity index (χ2n) is 8.51. The van der Waals surface area contributed by atoms with Crippen LogP contribution in [0.1, 0.15) is 55.8 Å². The number of nitrogens with zero attached hydrogens (tertiary/aromatic N) is 2. The SMILES string of the molecule is COC1CCC(C(=O)N2C3CCC2c2c(Nc4cccc(F)c4)n[nH]c2C3)CC1. The van der Waals surface area contributed by atoms with Gasteiger partial charge in [0.2, 0.25) is 5.91 Å². The van der Waals surface area contributed by atoms with Crippen molar-refractivity contribution in [2.75, 3.05) is 12.4 Å². The Labute approximate surface area is 169 Å². The number of ether oxygens (including phenoxy) is 1. The summed E-state index contributed by atoms with van der Waals surface area (Å²) >= 11 is 0. The zero-order valence-corrected chi connectivity index (χ0v) is 16.7. The molecule has 2 aliphatic heterocycles. The second-order valence-corrected chi connectivity index (χ2v) is 8.51. The third-order valence-electron chi connectivity index (χ3n) is 6.86. The fraction of sp³-hybridized carbons (Fsp3) is 0.545. The molecule has 1 saturated carbocycles. The van der Waals surface area contributed by atoms with Crippen molar-refractivity contribution in [3.8, 4) is 0 Å². The number of H-pyrrole nitrogens is 1. The lowest BCUT2D eigenvalue weighted by molar-refractivity contribution is -0.141. The Kier molecular flexibility index (Phi) is 4.78. The van der Waals surface area contributed by atoms with Gasteiger partial charge in [0, 0.05) is 42.4 Å². The number of hydrogen-bond acceptors (Lipinski definition) is 4. The zero-order chi connectivity index (χ0) is 20.0. The van der Waals surface area contributed by atoms with Gasteiger partial charge in [0.1, 0.15) is 5.82 Å². The van der Waals surface area contributed by atoms with E-state index in [2.05, 4.69) is 20.4 Å². The normalized spacial score (nSPS) is 28.3. The fourth-order valence-corrected chi connectivity index (χ4v) is 5.39. The Morgan fingerprint density at radius 2 is 2.07 bits per heavy atom. The number of fused-ring (bicyclic) bond motifs is 4. The van der Waals surface area contributed by atoms with E-state index >= 15 is 0 Å². The van der Waals surface area contributed by atoms with Gasteiger partial charge in [-0.1, -0.05) is 6.07 Å². The van der Waals surface area contributed by atoms with Crippen molar-refractivity contribution < 1.29 is 13.9 Å². The first-order valence-electron chi connectivity index (χ1n) is 10.6. The summed E-state index contributed by atoms with van der Waals surface area (Å²) < 4.78 is 19.0. The lowest BCUT2D eigenvalue weighted by atomic mass is 9.85. The van der Waals surface area contributed by atoms with Gasteiger partial charge in [0.25, 0.3) is 0 Å². The van der Waals surface area contributed by atoms with E-state index < -0.39 is 0 Å². The van der Waals surface area contributed by atoms with Crippen LogP contribution >= 0.6 is 0 Å². The van der Waals surface area contributed by atoms with Gasteiger partial charge < -0.3 is 15.0 Å². The van der Waals surface area contributed by atoms with Crippen LogP contribution in [-0.2, 0) is 16.0 Å². The van der Waals surface area contributed by atoms with Crippen LogP contribution in [0.3, 0.4) is 0 Å². The predicted octanol–water partition coefficient (Wildman–Crippen LogP) is 4.09. The van der Waals surface area contributed by atoms with Crippen molar-refractivity contribution in [1.82, 2.24) is 15.1 Å². The predicted molar refractivity (Wildman–Crippen MR) is 107 cm³/mol. The lowest BCUT2D eigenvalue weighted by Crippen LogP contribution is -2.45. The molecule has 0 spiro atoms. The Balaban J connectivity index is 1.38. The minimum absolute atomic E-state index is 0.0474. The number of halogens is 1. The van der Waals surface area contributed by atoms with Crippen LogP contribution in [0.2, 0.25) is 0 Å². The lowest BCUT2D eigenvalue weighted by Gasteiger charge is -2.38. The van der Waals surface area contributed by atoms with E-state index in [-0.39, 0.29) is 29.7 Å². The maximum atomic E-state index is 13.6. The number of methoxy groups -OCH3 is 1. The number of benzene rings is 1. The van der Waals surface area contributed by atoms with Gasteiger partial charge in [-0.05, 0) is 56.7 Å². The highest BCUT2D eigenvalue weighted by atomic mass is 19.1. The molecule has 2 bridgehead atoms. The zero-order valence-electron chi connectivity index (χ0n) is 16.7. The van der Waals surface area contributed by atoms with Gasteiger partial charge >= 0.3 is 0 Å². The first kappa shape index (κ1) is 18.6. The molecular formula is C22H27FN4O2. The van der Waals surface area contributed by atoms with Crippen LogP contribution in [0.15, 0.2) is 24.3 Å². The summed E-state index contributed by atoms with van der Waals surface area (Å²) in [6, 6.07) is 6.67. The third-order valence-corrected chi connectivity index (χ3v) is 6.86. The molecule has 0 radical (unpaired) electrons. The maximum Gasteiger partial charge on any atom is 0.226 e. The molecule has 3 aliphatic rings. The van der Waals surface area contributed by atoms with Crippen LogP contribution in [0, 0.1) is 11.7 Å². The van der Waals surface area contributed by atoms with E-state index in [1.165, 1.54) is 12.1 Å². The molecule has 1 saturated heterocycles. The highest BCUT2D eigenvalue weighted by Gasteiger charge is 2.46. The number of carbonyl (C=O) groups is 1. The Morgan fingerprint density at radius 1 is 1.24 bits per heavy atom. The molecule has 1 amide bonds. The molecule has 2 N–H and O–H groups in total. The largest absolute Gasteiger partial charge is 0.381 e. The maximum absolute atomic E-state index is 13.6. The van der Waals surface area contributed by atoms with Gasteiger partial charge in [0.15, 0.2) is 5.82 Å². The van der Waals surface area contributed by atoms with Crippen molar-refractivity contribution in [2.45, 2.75) is 63.1 Å². The Morgan fingerprint density at radius 3 is 2.83 bits per heavy atom. The van der Waals surface area contributed by atoms with E-state index in [1.807, 2.05) is 6.07 Å². The number of carbonyl (C=O) groups excluding carboxylic acids is 1. The number of anilines is 2. The van der Waals surface area contributed by atoms with Gasteiger partial charge in [-0.15, -0.1) is 0 Å². The van der Waals surface area contributed by atoms with Crippen molar-refractivity contribution in [3.63, 3.8) is 0 Å². The minimum atomic E-state index is -0.288. The summed E-state index contributed by atoms with van der Waals surface area (Å²) in [4.78, 5) is 15.6. The molecule has 3 heterocycles. The molecule has 29 heavy (non-hydrogen) atoms. The smallest absolute Gasteiger partial charge is 0.226 e. The standard InChI is InChI=1S/C22H27FN4O2/c1-29-17-8-5-13(6-9-17)22(28)27-16-7-10-19(27)20-18(12-16)25-26-21(20)24-15-4-2-3-14(23)11-15/h2-4,11,13,16-17,19H,5-10,12H2,1H3,(H2,24,25,26). The van der Waals surface area contributed by atoms with Crippen LogP contribution < -0.4 is 5.32 Å². The average molecular weight is 398 g/mol. The molecule has 1 aromatic carbocycles. The van der Waals surface area contributed by atoms with Gasteiger partial charge in [-0.2, -0.15) is 5.10 Å². The molecule has 6 nitrogen and oxygen atoms in total. The number of rotatable bonds is 4. The van der Waals surface area contributed by atoms with Crippen molar-refractivity contribution in [1.29, 1.82) is 0 Å². The van der Waals surface area contributed by atoms with Crippen LogP contribution in [0.5, 0.6) is 0 Å². The van der Waals surface area contributed by atoms with Gasteiger partial charge in [0.05, 0.1) is 12.1 Å². The number of aromatic nitrogens is 2. The molecular weight excluding hydrogens is 371 g/mol. The summed E-state index contributed by atoms with van der Waals surface area (Å²) in [6.45, 7) is 0. The fourth-order valence-electron chi connectivity index (χ4n) is 5.39. The van der Waals surface area contributed by atoms with E-state index in [4.69, 9.17) is 4.74 Å². The number of aromatic amines is 1. The molecule has 154 valence electrons. The van der Waals surface area contributed by atoms with E-state index in [9.17, 15) is 9.18 Å². The van der Waals surface area contributed by atoms with E-state index in [1.54, 1.807) is 13.2 Å². The summed E-state index contributed by atoms with van der Waals surface area (Å²) in [5.74, 6) is 0.800. The Hall–Kier alpha value is -2.41. The number of hydrogen-bond donors (Lipinski definition) is 2.